The predicted octanol–water partition coefficient (Wildman–Crippen LogP) is 3.36. The van der Waals surface area contributed by atoms with Crippen LogP contribution in [-0.2, 0) is 16.6 Å². The lowest BCUT2D eigenvalue weighted by Crippen LogP contribution is -2.16. The molecule has 0 bridgehead atoms. The summed E-state index contributed by atoms with van der Waals surface area (Å²) >= 11 is 7.99. The maximum absolute atomic E-state index is 12.6. The summed E-state index contributed by atoms with van der Waals surface area (Å²) in [6.07, 6.45) is 5.46. The first-order valence-electron chi connectivity index (χ1n) is 7.14. The predicted molar refractivity (Wildman–Crippen MR) is 104 cm³/mol. The number of terminal acetylenes is 1. The van der Waals surface area contributed by atoms with E-state index in [2.05, 4.69) is 10.3 Å². The van der Waals surface area contributed by atoms with E-state index in [0.717, 1.165) is 16.0 Å². The Hall–Kier alpha value is -1.99. The first kappa shape index (κ1) is 18.8. The molecule has 0 saturated heterocycles. The van der Waals surface area contributed by atoms with Crippen LogP contribution in [-0.4, -0.2) is 27.2 Å². The largest absolute Gasteiger partial charge is 0.493 e. The van der Waals surface area contributed by atoms with Crippen LogP contribution < -0.4 is 14.3 Å². The number of nitrogens with zero attached hydrogens (tertiary/aromatic N) is 2. The SMILES string of the molecule is C#CCn1/c(=N/S(=O)(=O)c2ccc(Cl)s2)sc2cc(OC)c(OC)cc21. The topological polar surface area (TPSA) is 69.9 Å². The van der Waals surface area contributed by atoms with E-state index in [0.29, 0.717) is 21.4 Å². The van der Waals surface area contributed by atoms with Gasteiger partial charge < -0.3 is 14.0 Å². The van der Waals surface area contributed by atoms with E-state index in [1.807, 2.05) is 0 Å². The third-order valence-electron chi connectivity index (χ3n) is 3.44. The van der Waals surface area contributed by atoms with Crippen LogP contribution in [0.2, 0.25) is 4.34 Å². The van der Waals surface area contributed by atoms with Gasteiger partial charge in [0.05, 0.1) is 35.3 Å². The van der Waals surface area contributed by atoms with Crippen molar-refractivity contribution in [2.24, 2.45) is 4.40 Å². The molecule has 2 heterocycles. The summed E-state index contributed by atoms with van der Waals surface area (Å²) in [5, 5.41) is 0. The zero-order valence-corrected chi connectivity index (χ0v) is 16.9. The third-order valence-corrected chi connectivity index (χ3v) is 7.56. The van der Waals surface area contributed by atoms with Gasteiger partial charge in [-0.05, 0) is 12.1 Å². The molecule has 10 heteroatoms. The molecule has 6 nitrogen and oxygen atoms in total. The summed E-state index contributed by atoms with van der Waals surface area (Å²) in [7, 11) is -0.838. The number of hydrogen-bond acceptors (Lipinski definition) is 6. The molecule has 3 rings (SSSR count). The van der Waals surface area contributed by atoms with E-state index in [1.54, 1.807) is 16.7 Å². The Labute approximate surface area is 163 Å². The molecule has 0 spiro atoms. The molecule has 2 aromatic heterocycles. The summed E-state index contributed by atoms with van der Waals surface area (Å²) < 4.78 is 42.6. The fourth-order valence-corrected chi connectivity index (χ4v) is 6.00. The number of hydrogen-bond donors (Lipinski definition) is 0. The summed E-state index contributed by atoms with van der Waals surface area (Å²) in [4.78, 5) is 0.262. The maximum Gasteiger partial charge on any atom is 0.294 e. The van der Waals surface area contributed by atoms with Crippen LogP contribution in [0.4, 0.5) is 0 Å². The van der Waals surface area contributed by atoms with Crippen LogP contribution in [0, 0.1) is 12.3 Å². The number of thiazole rings is 1. The highest BCUT2D eigenvalue weighted by atomic mass is 35.5. The van der Waals surface area contributed by atoms with Crippen molar-refractivity contribution in [3.05, 3.63) is 33.4 Å². The van der Waals surface area contributed by atoms with Gasteiger partial charge in [-0.15, -0.1) is 22.2 Å². The van der Waals surface area contributed by atoms with E-state index in [4.69, 9.17) is 27.5 Å². The second-order valence-corrected chi connectivity index (χ2v) is 9.53. The van der Waals surface area contributed by atoms with Crippen molar-refractivity contribution in [1.82, 2.24) is 4.57 Å². The van der Waals surface area contributed by atoms with Gasteiger partial charge in [0.15, 0.2) is 11.5 Å². The smallest absolute Gasteiger partial charge is 0.294 e. The number of halogens is 1. The van der Waals surface area contributed by atoms with Crippen LogP contribution >= 0.6 is 34.3 Å². The Morgan fingerprint density at radius 3 is 2.50 bits per heavy atom. The number of benzene rings is 1. The minimum absolute atomic E-state index is 0.0716. The maximum atomic E-state index is 12.6. The summed E-state index contributed by atoms with van der Waals surface area (Å²) in [6.45, 7) is 0.162. The van der Waals surface area contributed by atoms with Gasteiger partial charge in [0.2, 0.25) is 4.80 Å². The summed E-state index contributed by atoms with van der Waals surface area (Å²) in [5.41, 5.74) is 0.712. The third kappa shape index (κ3) is 3.46. The Balaban J connectivity index is 2.28. The fraction of sp³-hybridized carbons (Fsp3) is 0.188. The van der Waals surface area contributed by atoms with Crippen LogP contribution in [0.25, 0.3) is 10.2 Å². The first-order valence-corrected chi connectivity index (χ1v) is 10.6. The molecule has 0 saturated carbocycles. The number of aromatic nitrogens is 1. The van der Waals surface area contributed by atoms with Crippen molar-refractivity contribution in [1.29, 1.82) is 0 Å². The molecule has 0 amide bonds. The Bertz CT molecular complexity index is 1180. The number of fused-ring (bicyclic) bond motifs is 1. The van der Waals surface area contributed by atoms with E-state index in [-0.39, 0.29) is 15.6 Å². The molecule has 0 unspecified atom stereocenters. The lowest BCUT2D eigenvalue weighted by molar-refractivity contribution is 0.355. The van der Waals surface area contributed by atoms with E-state index >= 15 is 0 Å². The number of ether oxygens (including phenoxy) is 2. The summed E-state index contributed by atoms with van der Waals surface area (Å²) in [6, 6.07) is 6.46. The Kier molecular flexibility index (Phi) is 5.29. The molecule has 26 heavy (non-hydrogen) atoms. The van der Waals surface area contributed by atoms with Crippen molar-refractivity contribution in [2.75, 3.05) is 14.2 Å². The molecular formula is C16H13ClN2O4S3. The van der Waals surface area contributed by atoms with Crippen LogP contribution in [0.5, 0.6) is 11.5 Å². The second-order valence-electron chi connectivity index (χ2n) is 4.97. The first-order chi connectivity index (χ1) is 12.4. The molecule has 3 aromatic rings. The average Bonchev–Trinajstić information content (AvgIpc) is 3.18. The number of methoxy groups -OCH3 is 2. The molecule has 0 aliphatic rings. The number of rotatable bonds is 5. The number of thiophene rings is 1. The molecule has 0 radical (unpaired) electrons. The monoisotopic (exact) mass is 428 g/mol. The molecule has 0 aliphatic heterocycles. The number of sulfonamides is 1. The molecule has 136 valence electrons. The van der Waals surface area contributed by atoms with Crippen molar-refractivity contribution >= 4 is 54.5 Å². The minimum atomic E-state index is -3.89. The van der Waals surface area contributed by atoms with E-state index in [1.165, 1.54) is 37.7 Å². The van der Waals surface area contributed by atoms with Crippen molar-refractivity contribution in [3.8, 4) is 23.8 Å². The van der Waals surface area contributed by atoms with Crippen LogP contribution in [0.15, 0.2) is 32.9 Å². The van der Waals surface area contributed by atoms with E-state index < -0.39 is 10.0 Å². The quantitative estimate of drug-likeness (QED) is 0.584. The lowest BCUT2D eigenvalue weighted by atomic mass is 10.3. The van der Waals surface area contributed by atoms with Crippen molar-refractivity contribution in [2.45, 2.75) is 10.8 Å². The Morgan fingerprint density at radius 1 is 1.23 bits per heavy atom. The zero-order valence-electron chi connectivity index (χ0n) is 13.7. The molecule has 0 N–H and O–H groups in total. The Morgan fingerprint density at radius 2 is 1.92 bits per heavy atom. The van der Waals surface area contributed by atoms with Crippen molar-refractivity contribution in [3.63, 3.8) is 0 Å². The highest BCUT2D eigenvalue weighted by Gasteiger charge is 2.18. The standard InChI is InChI=1S/C16H13ClN2O4S3/c1-4-7-19-10-8-11(22-2)12(23-3)9-13(10)24-16(19)18-26(20,21)15-6-5-14(17)25-15/h1,5-6,8-9H,7H2,2-3H3/b18-16-. The van der Waals surface area contributed by atoms with Gasteiger partial charge in [-0.25, -0.2) is 0 Å². The average molecular weight is 429 g/mol. The summed E-state index contributed by atoms with van der Waals surface area (Å²) in [5.74, 6) is 3.57. The van der Waals surface area contributed by atoms with E-state index in [9.17, 15) is 8.42 Å². The second kappa shape index (κ2) is 7.32. The van der Waals surface area contributed by atoms with Gasteiger partial charge in [-0.1, -0.05) is 28.9 Å². The van der Waals surface area contributed by atoms with Gasteiger partial charge in [-0.2, -0.15) is 8.42 Å². The minimum Gasteiger partial charge on any atom is -0.493 e. The molecule has 0 atom stereocenters. The molecule has 0 fully saturated rings. The molecule has 0 aliphatic carbocycles. The van der Waals surface area contributed by atoms with Gasteiger partial charge >= 0.3 is 0 Å². The van der Waals surface area contributed by atoms with Gasteiger partial charge in [0.25, 0.3) is 10.0 Å². The van der Waals surface area contributed by atoms with Crippen LogP contribution in [0.3, 0.4) is 0 Å². The van der Waals surface area contributed by atoms with Gasteiger partial charge in [0.1, 0.15) is 4.21 Å². The lowest BCUT2D eigenvalue weighted by Gasteiger charge is -2.08. The normalized spacial score (nSPS) is 12.3. The highest BCUT2D eigenvalue weighted by Crippen LogP contribution is 2.33. The fourth-order valence-electron chi connectivity index (χ4n) is 2.29. The van der Waals surface area contributed by atoms with Gasteiger partial charge in [-0.3, -0.25) is 0 Å². The van der Waals surface area contributed by atoms with Crippen LogP contribution in [0.1, 0.15) is 0 Å². The highest BCUT2D eigenvalue weighted by molar-refractivity contribution is 7.92. The van der Waals surface area contributed by atoms with Crippen molar-refractivity contribution < 1.29 is 17.9 Å². The zero-order chi connectivity index (χ0) is 18.9. The molecule has 1 aromatic carbocycles. The van der Waals surface area contributed by atoms with Gasteiger partial charge in [0, 0.05) is 12.1 Å². The molecular weight excluding hydrogens is 416 g/mol.